The minimum Gasteiger partial charge on any atom is -0.463 e. The third-order valence-corrected chi connectivity index (χ3v) is 7.15. The second-order valence-electron chi connectivity index (χ2n) is 8.30. The van der Waals surface area contributed by atoms with Crippen LogP contribution in [0.4, 0.5) is 0 Å². The summed E-state index contributed by atoms with van der Waals surface area (Å²) in [6.45, 7) is 6.98. The zero-order chi connectivity index (χ0) is 29.1. The van der Waals surface area contributed by atoms with Crippen molar-refractivity contribution < 1.29 is 33.3 Å². The standard InChI is InChI=1S/C24H32BrN5O7S2/c1-13(35-16(4)32)23(11-34-15(3)31)37-24(39-19-6-18(25)7-28-8-19)22(36-17(5)33)10-30(27)9-20(26)21-12-38-14(2)29-21/h6-9,12-13,22-24H,10-11,26-27H2,1-5H3/b20-9-. The molecule has 2 heterocycles. The van der Waals surface area contributed by atoms with Crippen molar-refractivity contribution in [2.24, 2.45) is 11.6 Å². The molecule has 15 heteroatoms. The number of nitrogens with two attached hydrogens (primary N) is 2. The van der Waals surface area contributed by atoms with E-state index < -0.39 is 41.7 Å². The van der Waals surface area contributed by atoms with Crippen LogP contribution in [-0.2, 0) is 33.3 Å². The second-order valence-corrected chi connectivity index (χ2v) is 11.4. The van der Waals surface area contributed by atoms with E-state index in [9.17, 15) is 14.4 Å². The van der Waals surface area contributed by atoms with Crippen LogP contribution in [0.1, 0.15) is 38.4 Å². The Balaban J connectivity index is 2.40. The maximum atomic E-state index is 12.1. The number of esters is 3. The molecule has 0 aliphatic heterocycles. The number of nitrogens with zero attached hydrogens (tertiary/aromatic N) is 3. The molecule has 2 aromatic rings. The first-order chi connectivity index (χ1) is 18.3. The Morgan fingerprint density at radius 3 is 2.41 bits per heavy atom. The molecular formula is C24H32BrN5O7S2. The number of hydrogen-bond donors (Lipinski definition) is 2. The highest BCUT2D eigenvalue weighted by molar-refractivity contribution is 9.10. The monoisotopic (exact) mass is 645 g/mol. The van der Waals surface area contributed by atoms with Gasteiger partial charge in [-0.2, -0.15) is 0 Å². The molecule has 4 atom stereocenters. The molecule has 0 bridgehead atoms. The summed E-state index contributed by atoms with van der Waals surface area (Å²) in [6, 6.07) is 1.80. The van der Waals surface area contributed by atoms with E-state index in [4.69, 9.17) is 30.5 Å². The summed E-state index contributed by atoms with van der Waals surface area (Å²) < 4.78 is 23.1. The number of hydrazine groups is 1. The summed E-state index contributed by atoms with van der Waals surface area (Å²) in [4.78, 5) is 44.5. The van der Waals surface area contributed by atoms with Gasteiger partial charge in [0.05, 0.1) is 22.9 Å². The molecule has 0 saturated heterocycles. The molecule has 4 N–H and O–H groups in total. The van der Waals surface area contributed by atoms with Crippen LogP contribution in [0, 0.1) is 6.92 Å². The van der Waals surface area contributed by atoms with Gasteiger partial charge in [0.2, 0.25) is 0 Å². The SMILES string of the molecule is CC(=O)OCC(OC(Sc1cncc(Br)c1)C(CN(N)/C=C(\N)c1csc(C)n1)OC(C)=O)C(C)OC(C)=O. The maximum absolute atomic E-state index is 12.1. The van der Waals surface area contributed by atoms with Crippen molar-refractivity contribution in [3.05, 3.63) is 45.2 Å². The number of aryl methyl sites for hydroxylation is 1. The number of thiazole rings is 1. The van der Waals surface area contributed by atoms with Crippen LogP contribution in [0.15, 0.2) is 39.4 Å². The van der Waals surface area contributed by atoms with Crippen LogP contribution in [0.3, 0.4) is 0 Å². The number of rotatable bonds is 14. The summed E-state index contributed by atoms with van der Waals surface area (Å²) in [5, 5.41) is 3.91. The molecule has 4 unspecified atom stereocenters. The van der Waals surface area contributed by atoms with E-state index in [0.717, 1.165) is 9.48 Å². The van der Waals surface area contributed by atoms with Crippen LogP contribution in [-0.4, -0.2) is 69.8 Å². The largest absolute Gasteiger partial charge is 0.463 e. The van der Waals surface area contributed by atoms with Crippen LogP contribution in [0.25, 0.3) is 5.70 Å². The lowest BCUT2D eigenvalue weighted by molar-refractivity contribution is -0.170. The predicted molar refractivity (Wildman–Crippen MR) is 150 cm³/mol. The topological polar surface area (TPSA) is 169 Å². The van der Waals surface area contributed by atoms with Gasteiger partial charge >= 0.3 is 17.9 Å². The highest BCUT2D eigenvalue weighted by Gasteiger charge is 2.34. The molecular weight excluding hydrogens is 614 g/mol. The predicted octanol–water partition coefficient (Wildman–Crippen LogP) is 2.99. The zero-order valence-electron chi connectivity index (χ0n) is 22.2. The van der Waals surface area contributed by atoms with Crippen molar-refractivity contribution in [2.75, 3.05) is 13.2 Å². The van der Waals surface area contributed by atoms with E-state index in [-0.39, 0.29) is 13.2 Å². The molecule has 2 aromatic heterocycles. The van der Waals surface area contributed by atoms with Crippen LogP contribution >= 0.6 is 39.0 Å². The lowest BCUT2D eigenvalue weighted by atomic mass is 10.2. The van der Waals surface area contributed by atoms with Crippen LogP contribution in [0.2, 0.25) is 0 Å². The summed E-state index contributed by atoms with van der Waals surface area (Å²) in [7, 11) is 0. The van der Waals surface area contributed by atoms with Crippen molar-refractivity contribution in [3.63, 3.8) is 0 Å². The van der Waals surface area contributed by atoms with Gasteiger partial charge in [-0.15, -0.1) is 11.3 Å². The van der Waals surface area contributed by atoms with Crippen molar-refractivity contribution in [1.29, 1.82) is 0 Å². The molecule has 0 aliphatic rings. The Morgan fingerprint density at radius 1 is 1.15 bits per heavy atom. The van der Waals surface area contributed by atoms with Crippen LogP contribution in [0.5, 0.6) is 0 Å². The van der Waals surface area contributed by atoms with Gasteiger partial charge in [-0.3, -0.25) is 19.4 Å². The summed E-state index contributed by atoms with van der Waals surface area (Å²) in [6.07, 6.45) is 2.04. The minimum absolute atomic E-state index is 0.0370. The third kappa shape index (κ3) is 11.9. The number of hydrogen-bond acceptors (Lipinski definition) is 14. The van der Waals surface area contributed by atoms with Gasteiger partial charge in [0.1, 0.15) is 24.3 Å². The number of carbonyl (C=O) groups is 3. The molecule has 39 heavy (non-hydrogen) atoms. The van der Waals surface area contributed by atoms with Gasteiger partial charge in [0.25, 0.3) is 0 Å². The van der Waals surface area contributed by atoms with E-state index in [1.165, 1.54) is 55.1 Å². The Labute approximate surface area is 243 Å². The molecule has 0 saturated carbocycles. The third-order valence-electron chi connectivity index (χ3n) is 4.80. The normalized spacial score (nSPS) is 14.6. The van der Waals surface area contributed by atoms with E-state index >= 15 is 0 Å². The second kappa shape index (κ2) is 15.8. The molecule has 0 spiro atoms. The fourth-order valence-corrected chi connectivity index (χ4v) is 5.39. The van der Waals surface area contributed by atoms with Gasteiger partial charge in [0, 0.05) is 54.1 Å². The zero-order valence-corrected chi connectivity index (χ0v) is 25.4. The van der Waals surface area contributed by atoms with Gasteiger partial charge < -0.3 is 29.7 Å². The Bertz CT molecular complexity index is 1170. The van der Waals surface area contributed by atoms with Gasteiger partial charge in [-0.1, -0.05) is 11.8 Å². The van der Waals surface area contributed by atoms with E-state index in [1.807, 2.05) is 6.92 Å². The van der Waals surface area contributed by atoms with E-state index in [2.05, 4.69) is 25.9 Å². The van der Waals surface area contributed by atoms with Gasteiger partial charge in [-0.25, -0.2) is 10.8 Å². The molecule has 12 nitrogen and oxygen atoms in total. The van der Waals surface area contributed by atoms with Crippen molar-refractivity contribution in [1.82, 2.24) is 15.0 Å². The van der Waals surface area contributed by atoms with Crippen molar-refractivity contribution in [2.45, 2.75) is 63.3 Å². The first-order valence-corrected chi connectivity index (χ1v) is 14.2. The number of aromatic nitrogens is 2. The number of pyridine rings is 1. The summed E-state index contributed by atoms with van der Waals surface area (Å²) in [5.74, 6) is 4.59. The quantitative estimate of drug-likeness (QED) is 0.0768. The number of carbonyl (C=O) groups excluding carboxylic acids is 3. The first-order valence-electron chi connectivity index (χ1n) is 11.7. The Morgan fingerprint density at radius 2 is 1.85 bits per heavy atom. The van der Waals surface area contributed by atoms with Gasteiger partial charge in [0.15, 0.2) is 6.10 Å². The molecule has 0 aliphatic carbocycles. The first kappa shape index (κ1) is 32.5. The average Bonchev–Trinajstić information content (AvgIpc) is 3.26. The fraction of sp³-hybridized carbons (Fsp3) is 0.458. The lowest BCUT2D eigenvalue weighted by Gasteiger charge is -2.33. The van der Waals surface area contributed by atoms with Crippen molar-refractivity contribution in [3.8, 4) is 0 Å². The summed E-state index contributed by atoms with van der Waals surface area (Å²) in [5.41, 5.74) is 6.14. The minimum atomic E-state index is -0.956. The van der Waals surface area contributed by atoms with Crippen molar-refractivity contribution >= 4 is 62.6 Å². The van der Waals surface area contributed by atoms with Crippen LogP contribution < -0.4 is 11.6 Å². The average molecular weight is 647 g/mol. The van der Waals surface area contributed by atoms with E-state index in [0.29, 0.717) is 16.3 Å². The van der Waals surface area contributed by atoms with E-state index in [1.54, 1.807) is 30.8 Å². The lowest BCUT2D eigenvalue weighted by Crippen LogP contribution is -2.46. The molecule has 2 rings (SSSR count). The molecule has 214 valence electrons. The maximum Gasteiger partial charge on any atom is 0.303 e. The molecule has 0 radical (unpaired) electrons. The Kier molecular flexibility index (Phi) is 13.1. The highest BCUT2D eigenvalue weighted by Crippen LogP contribution is 2.31. The number of ether oxygens (including phenoxy) is 4. The Hall–Kier alpha value is -2.72. The number of thioether (sulfide) groups is 1. The number of halogens is 1. The fourth-order valence-electron chi connectivity index (χ4n) is 3.17. The van der Waals surface area contributed by atoms with Gasteiger partial charge in [-0.05, 0) is 35.8 Å². The molecule has 0 amide bonds. The highest BCUT2D eigenvalue weighted by atomic mass is 79.9. The smallest absolute Gasteiger partial charge is 0.303 e. The molecule has 0 fully saturated rings. The molecule has 0 aromatic carbocycles. The summed E-state index contributed by atoms with van der Waals surface area (Å²) >= 11 is 6.03.